The molecule has 0 aliphatic carbocycles. The number of ether oxygens (including phenoxy) is 1. The molecule has 3 aromatic heterocycles. The predicted molar refractivity (Wildman–Crippen MR) is 121 cm³/mol. The van der Waals surface area contributed by atoms with Gasteiger partial charge in [0.1, 0.15) is 11.4 Å². The first-order valence-electron chi connectivity index (χ1n) is 10.6. The van der Waals surface area contributed by atoms with Gasteiger partial charge in [0.2, 0.25) is 17.8 Å². The van der Waals surface area contributed by atoms with Gasteiger partial charge in [-0.2, -0.15) is 4.39 Å². The molecule has 1 fully saturated rings. The predicted octanol–water partition coefficient (Wildman–Crippen LogP) is 1.62. The number of halogens is 1. The molecular formula is C23H19FN8O2. The third-order valence-electron chi connectivity index (χ3n) is 5.15. The second-order valence-electron chi connectivity index (χ2n) is 7.40. The molecule has 0 unspecified atom stereocenters. The van der Waals surface area contributed by atoms with Crippen LogP contribution in [0.2, 0.25) is 0 Å². The summed E-state index contributed by atoms with van der Waals surface area (Å²) in [5.74, 6) is 6.00. The van der Waals surface area contributed by atoms with Crippen LogP contribution in [0.3, 0.4) is 0 Å². The Kier molecular flexibility index (Phi) is 6.05. The van der Waals surface area contributed by atoms with Gasteiger partial charge >= 0.3 is 0 Å². The Morgan fingerprint density at radius 1 is 1.12 bits per heavy atom. The van der Waals surface area contributed by atoms with Crippen molar-refractivity contribution in [3.63, 3.8) is 0 Å². The fourth-order valence-corrected chi connectivity index (χ4v) is 3.40. The van der Waals surface area contributed by atoms with Crippen LogP contribution in [-0.2, 0) is 9.53 Å². The van der Waals surface area contributed by atoms with Gasteiger partial charge in [0, 0.05) is 31.0 Å². The van der Waals surface area contributed by atoms with E-state index in [1.54, 1.807) is 47.6 Å². The first kappa shape index (κ1) is 21.4. The molecule has 5 rings (SSSR count). The molecule has 11 heteroatoms. The summed E-state index contributed by atoms with van der Waals surface area (Å²) in [5, 5.41) is 9.50. The lowest BCUT2D eigenvalue weighted by Crippen LogP contribution is -2.43. The van der Waals surface area contributed by atoms with Crippen molar-refractivity contribution in [2.75, 3.05) is 38.2 Å². The second kappa shape index (κ2) is 9.60. The number of aromatic amines is 1. The molecule has 1 saturated heterocycles. The van der Waals surface area contributed by atoms with Crippen molar-refractivity contribution in [1.29, 1.82) is 0 Å². The van der Waals surface area contributed by atoms with E-state index in [0.29, 0.717) is 65.9 Å². The van der Waals surface area contributed by atoms with Crippen molar-refractivity contribution < 1.29 is 13.9 Å². The first-order chi connectivity index (χ1) is 16.7. The maximum Gasteiger partial charge on any atom is 0.242 e. The number of rotatable bonds is 4. The number of anilines is 1. The Bertz CT molecular complexity index is 1400. The van der Waals surface area contributed by atoms with Gasteiger partial charge in [0.15, 0.2) is 5.82 Å². The summed E-state index contributed by atoms with van der Waals surface area (Å²) in [6.45, 7) is 2.32. The van der Waals surface area contributed by atoms with E-state index in [9.17, 15) is 9.18 Å². The zero-order valence-corrected chi connectivity index (χ0v) is 18.0. The molecule has 34 heavy (non-hydrogen) atoms. The summed E-state index contributed by atoms with van der Waals surface area (Å²) >= 11 is 0. The Balaban J connectivity index is 1.30. The van der Waals surface area contributed by atoms with Crippen molar-refractivity contribution in [3.05, 3.63) is 59.9 Å². The highest BCUT2D eigenvalue weighted by molar-refractivity contribution is 5.81. The van der Waals surface area contributed by atoms with E-state index in [1.165, 1.54) is 0 Å². The molecular weight excluding hydrogens is 439 g/mol. The number of morpholine rings is 1. The number of aromatic nitrogens is 6. The molecule has 0 atom stereocenters. The minimum absolute atomic E-state index is 0.0423. The van der Waals surface area contributed by atoms with Crippen molar-refractivity contribution in [2.45, 2.75) is 0 Å². The standard InChI is InChI=1S/C23H19FN8O2/c24-21-17-13-15(2-4-18(17)30-31-21)1-3-16-5-7-25-22(28-16)19-6-8-26-23(29-19)27-14-20(33)32-9-11-34-12-10-32/h2,4-8,13H,9-12,14H2,(H,30,31)(H,26,27,29). The monoisotopic (exact) mass is 458 g/mol. The molecule has 4 aromatic rings. The average Bonchev–Trinajstić information content (AvgIpc) is 3.27. The minimum atomic E-state index is -0.567. The Hall–Kier alpha value is -4.43. The van der Waals surface area contributed by atoms with E-state index < -0.39 is 5.95 Å². The topological polar surface area (TPSA) is 122 Å². The molecule has 0 saturated carbocycles. The summed E-state index contributed by atoms with van der Waals surface area (Å²) in [5.41, 5.74) is 2.20. The molecule has 0 spiro atoms. The molecule has 0 radical (unpaired) electrons. The highest BCUT2D eigenvalue weighted by Gasteiger charge is 2.17. The van der Waals surface area contributed by atoms with Crippen LogP contribution in [0.1, 0.15) is 11.3 Å². The van der Waals surface area contributed by atoms with E-state index in [-0.39, 0.29) is 12.5 Å². The highest BCUT2D eigenvalue weighted by Crippen LogP contribution is 2.16. The first-order valence-corrected chi connectivity index (χ1v) is 10.6. The number of hydrogen-bond donors (Lipinski definition) is 2. The van der Waals surface area contributed by atoms with Crippen LogP contribution >= 0.6 is 0 Å². The molecule has 10 nitrogen and oxygen atoms in total. The molecule has 1 aromatic carbocycles. The van der Waals surface area contributed by atoms with E-state index in [1.807, 2.05) is 0 Å². The van der Waals surface area contributed by atoms with Gasteiger partial charge in [-0.3, -0.25) is 9.89 Å². The van der Waals surface area contributed by atoms with Crippen LogP contribution < -0.4 is 5.32 Å². The van der Waals surface area contributed by atoms with Gasteiger partial charge in [-0.25, -0.2) is 19.9 Å². The van der Waals surface area contributed by atoms with Crippen LogP contribution in [-0.4, -0.2) is 73.8 Å². The van der Waals surface area contributed by atoms with Gasteiger partial charge in [-0.15, -0.1) is 5.10 Å². The van der Waals surface area contributed by atoms with Crippen molar-refractivity contribution >= 4 is 22.8 Å². The van der Waals surface area contributed by atoms with Gasteiger partial charge in [0.25, 0.3) is 0 Å². The Morgan fingerprint density at radius 3 is 2.85 bits per heavy atom. The van der Waals surface area contributed by atoms with E-state index in [0.717, 1.165) is 0 Å². The maximum atomic E-state index is 13.7. The van der Waals surface area contributed by atoms with E-state index in [4.69, 9.17) is 4.74 Å². The van der Waals surface area contributed by atoms with E-state index in [2.05, 4.69) is 47.3 Å². The molecule has 4 heterocycles. The molecule has 1 amide bonds. The maximum absolute atomic E-state index is 13.7. The van der Waals surface area contributed by atoms with Crippen molar-refractivity contribution in [2.24, 2.45) is 0 Å². The van der Waals surface area contributed by atoms with Crippen LogP contribution in [0.15, 0.2) is 42.7 Å². The molecule has 170 valence electrons. The number of amides is 1. The summed E-state index contributed by atoms with van der Waals surface area (Å²) < 4.78 is 19.0. The largest absolute Gasteiger partial charge is 0.378 e. The third kappa shape index (κ3) is 4.82. The van der Waals surface area contributed by atoms with Gasteiger partial charge in [-0.1, -0.05) is 5.92 Å². The quantitative estimate of drug-likeness (QED) is 0.443. The van der Waals surface area contributed by atoms with Gasteiger partial charge in [0.05, 0.1) is 30.7 Å². The lowest BCUT2D eigenvalue weighted by molar-refractivity contribution is -0.133. The summed E-state index contributed by atoms with van der Waals surface area (Å²) in [6.07, 6.45) is 3.16. The molecule has 2 N–H and O–H groups in total. The molecule has 0 bridgehead atoms. The smallest absolute Gasteiger partial charge is 0.242 e. The number of fused-ring (bicyclic) bond motifs is 1. The fourth-order valence-electron chi connectivity index (χ4n) is 3.40. The third-order valence-corrected chi connectivity index (χ3v) is 5.15. The number of benzene rings is 1. The van der Waals surface area contributed by atoms with Gasteiger partial charge in [-0.05, 0) is 36.3 Å². The number of carbonyl (C=O) groups excluding carboxylic acids is 1. The highest BCUT2D eigenvalue weighted by atomic mass is 19.1. The van der Waals surface area contributed by atoms with Crippen LogP contribution in [0.25, 0.3) is 22.4 Å². The van der Waals surface area contributed by atoms with Crippen molar-refractivity contribution in [1.82, 2.24) is 35.0 Å². The Labute approximate surface area is 193 Å². The van der Waals surface area contributed by atoms with Crippen LogP contribution in [0, 0.1) is 17.8 Å². The van der Waals surface area contributed by atoms with E-state index >= 15 is 0 Å². The zero-order chi connectivity index (χ0) is 23.3. The number of hydrogen-bond acceptors (Lipinski definition) is 8. The minimum Gasteiger partial charge on any atom is -0.378 e. The second-order valence-corrected chi connectivity index (χ2v) is 7.40. The SMILES string of the molecule is O=C(CNc1nccc(-c2nccc(C#Cc3ccc4[nH]nc(F)c4c3)n2)n1)N1CCOCC1. The normalized spacial score (nSPS) is 13.4. The average molecular weight is 458 g/mol. The summed E-state index contributed by atoms with van der Waals surface area (Å²) in [7, 11) is 0. The number of nitrogens with one attached hydrogen (secondary N) is 2. The number of nitrogens with zero attached hydrogens (tertiary/aromatic N) is 6. The lowest BCUT2D eigenvalue weighted by atomic mass is 10.1. The number of carbonyl (C=O) groups is 1. The molecule has 1 aliphatic heterocycles. The lowest BCUT2D eigenvalue weighted by Gasteiger charge is -2.26. The van der Waals surface area contributed by atoms with Crippen LogP contribution in [0.4, 0.5) is 10.3 Å². The number of H-pyrrole nitrogens is 1. The summed E-state index contributed by atoms with van der Waals surface area (Å²) in [4.78, 5) is 31.4. The van der Waals surface area contributed by atoms with Crippen LogP contribution in [0.5, 0.6) is 0 Å². The fraction of sp³-hybridized carbons (Fsp3) is 0.217. The zero-order valence-electron chi connectivity index (χ0n) is 18.0. The molecule has 1 aliphatic rings. The van der Waals surface area contributed by atoms with Gasteiger partial charge < -0.3 is 15.0 Å². The van der Waals surface area contributed by atoms with Crippen molar-refractivity contribution in [3.8, 4) is 23.4 Å². The Morgan fingerprint density at radius 2 is 1.97 bits per heavy atom. The summed E-state index contributed by atoms with van der Waals surface area (Å²) in [6, 6.07) is 8.48.